The summed E-state index contributed by atoms with van der Waals surface area (Å²) < 4.78 is 58.5. The molecule has 0 radical (unpaired) electrons. The van der Waals surface area contributed by atoms with E-state index in [0.717, 1.165) is 6.07 Å². The van der Waals surface area contributed by atoms with E-state index in [0.29, 0.717) is 48.3 Å². The van der Waals surface area contributed by atoms with Crippen LogP contribution in [0.1, 0.15) is 50.2 Å². The molecule has 0 saturated carbocycles. The van der Waals surface area contributed by atoms with Crippen LogP contribution in [-0.4, -0.2) is 77.3 Å². The Kier molecular flexibility index (Phi) is 10.3. The minimum Gasteiger partial charge on any atom is -0.478 e. The molecule has 10 nitrogen and oxygen atoms in total. The van der Waals surface area contributed by atoms with Crippen molar-refractivity contribution in [3.05, 3.63) is 53.9 Å². The van der Waals surface area contributed by atoms with Gasteiger partial charge in [0.05, 0.1) is 30.0 Å². The van der Waals surface area contributed by atoms with Crippen LogP contribution in [0.3, 0.4) is 0 Å². The molecular formula is C30H37F3N6O4. The molecular weight excluding hydrogens is 565 g/mol. The summed E-state index contributed by atoms with van der Waals surface area (Å²) >= 11 is 0. The van der Waals surface area contributed by atoms with Crippen molar-refractivity contribution in [1.29, 1.82) is 0 Å². The average Bonchev–Trinajstić information content (AvgIpc) is 2.99. The van der Waals surface area contributed by atoms with Crippen LogP contribution >= 0.6 is 0 Å². The number of anilines is 1. The SMILES string of the molecule is CCOc1ccc(C(=O)N2CCN(c3ccc(-c4cccnc4OCC)nc3OC[C@@H](C)N)[C@H](CC)C2)c(C(F)(F)F)n1. The van der Waals surface area contributed by atoms with Crippen LogP contribution in [0.15, 0.2) is 42.6 Å². The number of rotatable bonds is 11. The van der Waals surface area contributed by atoms with E-state index in [1.807, 2.05) is 39.0 Å². The second-order valence-electron chi connectivity index (χ2n) is 10.1. The van der Waals surface area contributed by atoms with Gasteiger partial charge in [0.25, 0.3) is 5.91 Å². The number of alkyl halides is 3. The highest BCUT2D eigenvalue weighted by molar-refractivity contribution is 5.95. The van der Waals surface area contributed by atoms with Gasteiger partial charge in [-0.05, 0) is 57.5 Å². The quantitative estimate of drug-likeness (QED) is 0.330. The highest BCUT2D eigenvalue weighted by atomic mass is 19.4. The van der Waals surface area contributed by atoms with Crippen molar-refractivity contribution in [2.24, 2.45) is 5.73 Å². The lowest BCUT2D eigenvalue weighted by Gasteiger charge is -2.43. The molecule has 4 rings (SSSR count). The Morgan fingerprint density at radius 2 is 1.79 bits per heavy atom. The number of nitrogens with zero attached hydrogens (tertiary/aromatic N) is 5. The Morgan fingerprint density at radius 3 is 2.47 bits per heavy atom. The van der Waals surface area contributed by atoms with Crippen molar-refractivity contribution >= 4 is 11.6 Å². The Balaban J connectivity index is 1.63. The number of ether oxygens (including phenoxy) is 3. The van der Waals surface area contributed by atoms with Crippen LogP contribution in [0.25, 0.3) is 11.3 Å². The van der Waals surface area contributed by atoms with Gasteiger partial charge < -0.3 is 29.7 Å². The van der Waals surface area contributed by atoms with Crippen molar-refractivity contribution < 1.29 is 32.2 Å². The monoisotopic (exact) mass is 602 g/mol. The Bertz CT molecular complexity index is 1400. The predicted molar refractivity (Wildman–Crippen MR) is 156 cm³/mol. The lowest BCUT2D eigenvalue weighted by molar-refractivity contribution is -0.141. The van der Waals surface area contributed by atoms with Gasteiger partial charge in [0.1, 0.15) is 12.3 Å². The minimum absolute atomic E-state index is 0.152. The van der Waals surface area contributed by atoms with Gasteiger partial charge in [-0.15, -0.1) is 0 Å². The molecule has 4 heterocycles. The molecule has 0 aromatic carbocycles. The van der Waals surface area contributed by atoms with Gasteiger partial charge >= 0.3 is 6.18 Å². The van der Waals surface area contributed by atoms with Crippen LogP contribution in [0.2, 0.25) is 0 Å². The van der Waals surface area contributed by atoms with Crippen molar-refractivity contribution in [2.75, 3.05) is 44.4 Å². The van der Waals surface area contributed by atoms with Crippen LogP contribution in [-0.2, 0) is 6.18 Å². The zero-order chi connectivity index (χ0) is 31.1. The molecule has 1 saturated heterocycles. The number of pyridine rings is 3. The minimum atomic E-state index is -4.82. The van der Waals surface area contributed by atoms with Crippen LogP contribution in [0.5, 0.6) is 17.6 Å². The molecule has 2 N–H and O–H groups in total. The van der Waals surface area contributed by atoms with Gasteiger partial charge in [0.15, 0.2) is 5.69 Å². The van der Waals surface area contributed by atoms with Crippen molar-refractivity contribution in [3.8, 4) is 28.9 Å². The van der Waals surface area contributed by atoms with Crippen molar-refractivity contribution in [1.82, 2.24) is 19.9 Å². The number of halogens is 3. The number of carbonyl (C=O) groups excluding carboxylic acids is 1. The second-order valence-corrected chi connectivity index (χ2v) is 10.1. The zero-order valence-electron chi connectivity index (χ0n) is 24.7. The van der Waals surface area contributed by atoms with E-state index in [1.165, 1.54) is 11.0 Å². The molecule has 43 heavy (non-hydrogen) atoms. The van der Waals surface area contributed by atoms with Crippen LogP contribution in [0.4, 0.5) is 18.9 Å². The summed E-state index contributed by atoms with van der Waals surface area (Å²) in [6.07, 6.45) is -2.56. The number of carbonyl (C=O) groups is 1. The first kappa shape index (κ1) is 31.8. The van der Waals surface area contributed by atoms with Crippen molar-refractivity contribution in [3.63, 3.8) is 0 Å². The maximum atomic E-state index is 13.9. The summed E-state index contributed by atoms with van der Waals surface area (Å²) in [6.45, 7) is 8.84. The van der Waals surface area contributed by atoms with E-state index in [2.05, 4.69) is 14.9 Å². The number of aromatic nitrogens is 3. The summed E-state index contributed by atoms with van der Waals surface area (Å²) in [5.74, 6) is -0.112. The summed E-state index contributed by atoms with van der Waals surface area (Å²) in [6, 6.07) is 9.34. The predicted octanol–water partition coefficient (Wildman–Crippen LogP) is 4.82. The normalized spacial score (nSPS) is 16.1. The molecule has 1 aliphatic heterocycles. The fourth-order valence-corrected chi connectivity index (χ4v) is 4.89. The molecule has 3 aromatic rings. The van der Waals surface area contributed by atoms with Gasteiger partial charge in [-0.3, -0.25) is 4.79 Å². The molecule has 0 bridgehead atoms. The molecule has 1 aliphatic rings. The van der Waals surface area contributed by atoms with Crippen molar-refractivity contribution in [2.45, 2.75) is 52.4 Å². The summed E-state index contributed by atoms with van der Waals surface area (Å²) in [7, 11) is 0. The fourth-order valence-electron chi connectivity index (χ4n) is 4.89. The largest absolute Gasteiger partial charge is 0.478 e. The molecule has 1 fully saturated rings. The topological polar surface area (TPSA) is 116 Å². The lowest BCUT2D eigenvalue weighted by Crippen LogP contribution is -2.55. The van der Waals surface area contributed by atoms with E-state index in [9.17, 15) is 18.0 Å². The standard InChI is InChI=1S/C30H37F3N6O4/c1-5-20-17-38(29(40)22-10-13-25(41-6-2)37-26(22)30(31,32)33)15-16-39(20)24-12-11-23(36-28(24)43-18-19(4)34)21-9-8-14-35-27(21)42-7-3/h8-14,19-20H,5-7,15-18,34H2,1-4H3/t19-,20-/m1/s1. The maximum absolute atomic E-state index is 13.9. The van der Waals surface area contributed by atoms with Gasteiger partial charge in [0, 0.05) is 44.0 Å². The van der Waals surface area contributed by atoms with E-state index in [4.69, 9.17) is 24.9 Å². The first-order valence-corrected chi connectivity index (χ1v) is 14.3. The number of piperazine rings is 1. The Morgan fingerprint density at radius 1 is 1.02 bits per heavy atom. The molecule has 232 valence electrons. The smallest absolute Gasteiger partial charge is 0.434 e. The number of hydrogen-bond acceptors (Lipinski definition) is 9. The zero-order valence-corrected chi connectivity index (χ0v) is 24.7. The van der Waals surface area contributed by atoms with Gasteiger partial charge in [0.2, 0.25) is 17.6 Å². The summed E-state index contributed by atoms with van der Waals surface area (Å²) in [5, 5.41) is 0. The molecule has 0 spiro atoms. The van der Waals surface area contributed by atoms with Gasteiger partial charge in [-0.1, -0.05) is 6.92 Å². The van der Waals surface area contributed by atoms with E-state index in [1.54, 1.807) is 19.2 Å². The summed E-state index contributed by atoms with van der Waals surface area (Å²) in [4.78, 5) is 29.7. The molecule has 1 amide bonds. The number of hydrogen-bond donors (Lipinski definition) is 1. The average molecular weight is 603 g/mol. The third-order valence-electron chi connectivity index (χ3n) is 6.86. The second kappa shape index (κ2) is 13.9. The van der Waals surface area contributed by atoms with E-state index >= 15 is 0 Å². The van der Waals surface area contributed by atoms with Crippen LogP contribution < -0.4 is 24.8 Å². The maximum Gasteiger partial charge on any atom is 0.434 e. The van der Waals surface area contributed by atoms with E-state index < -0.39 is 23.3 Å². The van der Waals surface area contributed by atoms with Gasteiger partial charge in [-0.2, -0.15) is 13.2 Å². The lowest BCUT2D eigenvalue weighted by atomic mass is 10.1. The van der Waals surface area contributed by atoms with E-state index in [-0.39, 0.29) is 44.3 Å². The molecule has 3 aromatic heterocycles. The molecule has 2 atom stereocenters. The van der Waals surface area contributed by atoms with Gasteiger partial charge in [-0.25, -0.2) is 15.0 Å². The van der Waals surface area contributed by atoms with Crippen LogP contribution in [0, 0.1) is 0 Å². The first-order valence-electron chi connectivity index (χ1n) is 14.3. The number of nitrogens with two attached hydrogens (primary N) is 1. The Labute approximate surface area is 249 Å². The Hall–Kier alpha value is -4.13. The summed E-state index contributed by atoms with van der Waals surface area (Å²) in [5.41, 5.74) is 6.21. The molecule has 0 unspecified atom stereocenters. The molecule has 13 heteroatoms. The first-order chi connectivity index (χ1) is 20.6. The molecule has 0 aliphatic carbocycles. The highest BCUT2D eigenvalue weighted by Crippen LogP contribution is 2.37. The third kappa shape index (κ3) is 7.45. The number of amides is 1. The fraction of sp³-hybridized carbons (Fsp3) is 0.467. The highest BCUT2D eigenvalue weighted by Gasteiger charge is 2.40. The third-order valence-corrected chi connectivity index (χ3v) is 6.86.